The first kappa shape index (κ1) is 15.9. The Hall–Kier alpha value is -2.56. The normalized spacial score (nSPS) is 17.6. The zero-order valence-corrected chi connectivity index (χ0v) is 15.0. The maximum Gasteiger partial charge on any atom is 0.227 e. The molecule has 1 saturated heterocycles. The van der Waals surface area contributed by atoms with Crippen LogP contribution in [-0.4, -0.2) is 32.1 Å². The summed E-state index contributed by atoms with van der Waals surface area (Å²) >= 11 is 0. The summed E-state index contributed by atoms with van der Waals surface area (Å²) in [5.74, 6) is 0.205. The average Bonchev–Trinajstić information content (AvgIpc) is 3.27. The summed E-state index contributed by atoms with van der Waals surface area (Å²) in [7, 11) is 1.92. The largest absolute Gasteiger partial charge is 0.358 e. The smallest absolute Gasteiger partial charge is 0.227 e. The number of amides is 1. The van der Waals surface area contributed by atoms with Gasteiger partial charge >= 0.3 is 0 Å². The van der Waals surface area contributed by atoms with Gasteiger partial charge in [0, 0.05) is 41.9 Å². The first-order chi connectivity index (χ1) is 12.0. The standard InChI is InChI=1S/C20H24N4O/c1-13-6-7-18-17(9-13)16(14(2)22-18)10-20(25)24-8-4-5-19(24)15-11-21-23(3)12-15/h6-7,9,11-12,19,22H,4-5,8,10H2,1-3H3/t19-/m0/s1. The van der Waals surface area contributed by atoms with Gasteiger partial charge in [-0.05, 0) is 44.4 Å². The van der Waals surface area contributed by atoms with Crippen molar-refractivity contribution < 1.29 is 4.79 Å². The second-order valence-electron chi connectivity index (χ2n) is 7.15. The molecule has 3 aromatic rings. The van der Waals surface area contributed by atoms with E-state index in [4.69, 9.17) is 0 Å². The van der Waals surface area contributed by atoms with E-state index in [1.165, 1.54) is 10.9 Å². The molecule has 130 valence electrons. The monoisotopic (exact) mass is 336 g/mol. The van der Waals surface area contributed by atoms with E-state index in [0.29, 0.717) is 6.42 Å². The summed E-state index contributed by atoms with van der Waals surface area (Å²) in [5, 5.41) is 5.44. The van der Waals surface area contributed by atoms with E-state index >= 15 is 0 Å². The summed E-state index contributed by atoms with van der Waals surface area (Å²) in [6, 6.07) is 6.53. The lowest BCUT2D eigenvalue weighted by Crippen LogP contribution is -2.31. The zero-order chi connectivity index (χ0) is 17.6. The van der Waals surface area contributed by atoms with Gasteiger partial charge in [-0.3, -0.25) is 9.48 Å². The van der Waals surface area contributed by atoms with Crippen molar-refractivity contribution in [3.05, 3.63) is 53.0 Å². The molecule has 1 atom stereocenters. The van der Waals surface area contributed by atoms with Crippen LogP contribution in [0.15, 0.2) is 30.6 Å². The number of carbonyl (C=O) groups is 1. The summed E-state index contributed by atoms with van der Waals surface area (Å²) in [6.45, 7) is 4.98. The Bertz CT molecular complexity index is 936. The maximum atomic E-state index is 13.1. The van der Waals surface area contributed by atoms with Crippen LogP contribution in [0.5, 0.6) is 0 Å². The summed E-state index contributed by atoms with van der Waals surface area (Å²) in [5.41, 5.74) is 5.68. The van der Waals surface area contributed by atoms with Crippen LogP contribution in [0.3, 0.4) is 0 Å². The molecule has 1 N–H and O–H groups in total. The average molecular weight is 336 g/mol. The number of carbonyl (C=O) groups excluding carboxylic acids is 1. The van der Waals surface area contributed by atoms with Crippen molar-refractivity contribution in [2.45, 2.75) is 39.2 Å². The van der Waals surface area contributed by atoms with Gasteiger partial charge < -0.3 is 9.88 Å². The van der Waals surface area contributed by atoms with Gasteiger partial charge in [0.05, 0.1) is 18.7 Å². The highest BCUT2D eigenvalue weighted by Gasteiger charge is 2.31. The third-order valence-electron chi connectivity index (χ3n) is 5.29. The van der Waals surface area contributed by atoms with E-state index in [0.717, 1.165) is 41.7 Å². The van der Waals surface area contributed by atoms with Gasteiger partial charge in [0.15, 0.2) is 0 Å². The first-order valence-corrected chi connectivity index (χ1v) is 8.89. The molecule has 1 aliphatic heterocycles. The van der Waals surface area contributed by atoms with Crippen molar-refractivity contribution in [2.75, 3.05) is 6.54 Å². The molecule has 0 spiro atoms. The Balaban J connectivity index is 1.61. The molecule has 3 heterocycles. The lowest BCUT2D eigenvalue weighted by atomic mass is 10.0. The summed E-state index contributed by atoms with van der Waals surface area (Å²) in [4.78, 5) is 18.5. The van der Waals surface area contributed by atoms with Gasteiger partial charge in [0.1, 0.15) is 0 Å². The molecule has 4 rings (SSSR count). The van der Waals surface area contributed by atoms with Gasteiger partial charge in [-0.2, -0.15) is 5.10 Å². The van der Waals surface area contributed by atoms with Gasteiger partial charge in [-0.15, -0.1) is 0 Å². The Labute approximate surface area is 147 Å². The Morgan fingerprint density at radius 1 is 1.36 bits per heavy atom. The number of rotatable bonds is 3. The van der Waals surface area contributed by atoms with Crippen LogP contribution in [0.25, 0.3) is 10.9 Å². The fourth-order valence-electron chi connectivity index (χ4n) is 4.00. The molecule has 0 bridgehead atoms. The lowest BCUT2D eigenvalue weighted by molar-refractivity contribution is -0.131. The lowest BCUT2D eigenvalue weighted by Gasteiger charge is -2.24. The number of nitrogens with one attached hydrogen (secondary N) is 1. The molecule has 1 aliphatic rings. The van der Waals surface area contributed by atoms with Crippen molar-refractivity contribution in [1.82, 2.24) is 19.7 Å². The molecule has 0 aliphatic carbocycles. The molecule has 0 saturated carbocycles. The number of aryl methyl sites for hydroxylation is 3. The number of benzene rings is 1. The number of likely N-dealkylation sites (tertiary alicyclic amines) is 1. The fraction of sp³-hybridized carbons (Fsp3) is 0.400. The van der Waals surface area contributed by atoms with Crippen molar-refractivity contribution in [3.63, 3.8) is 0 Å². The molecule has 25 heavy (non-hydrogen) atoms. The summed E-state index contributed by atoms with van der Waals surface area (Å²) < 4.78 is 1.81. The molecule has 1 fully saturated rings. The van der Waals surface area contributed by atoms with Crippen LogP contribution in [0.4, 0.5) is 0 Å². The minimum atomic E-state index is 0.161. The van der Waals surface area contributed by atoms with E-state index in [1.807, 2.05) is 29.0 Å². The maximum absolute atomic E-state index is 13.1. The highest BCUT2D eigenvalue weighted by Crippen LogP contribution is 2.33. The topological polar surface area (TPSA) is 53.9 Å². The van der Waals surface area contributed by atoms with Crippen molar-refractivity contribution in [2.24, 2.45) is 7.05 Å². The fourth-order valence-corrected chi connectivity index (χ4v) is 4.00. The number of fused-ring (bicyclic) bond motifs is 1. The Morgan fingerprint density at radius 2 is 2.20 bits per heavy atom. The van der Waals surface area contributed by atoms with Crippen molar-refractivity contribution in [3.8, 4) is 0 Å². The Morgan fingerprint density at radius 3 is 2.96 bits per heavy atom. The Kier molecular flexibility index (Phi) is 3.86. The highest BCUT2D eigenvalue weighted by molar-refractivity contribution is 5.90. The van der Waals surface area contributed by atoms with Gasteiger partial charge in [-0.1, -0.05) is 11.6 Å². The minimum absolute atomic E-state index is 0.161. The molecule has 5 heteroatoms. The number of H-pyrrole nitrogens is 1. The highest BCUT2D eigenvalue weighted by atomic mass is 16.2. The van der Waals surface area contributed by atoms with E-state index in [-0.39, 0.29) is 11.9 Å². The van der Waals surface area contributed by atoms with Crippen LogP contribution < -0.4 is 0 Å². The zero-order valence-electron chi connectivity index (χ0n) is 15.0. The van der Waals surface area contributed by atoms with Crippen LogP contribution in [0.1, 0.15) is 41.3 Å². The first-order valence-electron chi connectivity index (χ1n) is 8.89. The van der Waals surface area contributed by atoms with Crippen molar-refractivity contribution in [1.29, 1.82) is 0 Å². The second-order valence-corrected chi connectivity index (χ2v) is 7.15. The van der Waals surface area contributed by atoms with E-state index in [1.54, 1.807) is 0 Å². The predicted molar refractivity (Wildman–Crippen MR) is 98.4 cm³/mol. The molecular weight excluding hydrogens is 312 g/mol. The molecule has 1 amide bonds. The molecule has 0 unspecified atom stereocenters. The second kappa shape index (κ2) is 6.06. The quantitative estimate of drug-likeness (QED) is 0.797. The molecule has 5 nitrogen and oxygen atoms in total. The van der Waals surface area contributed by atoms with Crippen LogP contribution in [0.2, 0.25) is 0 Å². The van der Waals surface area contributed by atoms with Gasteiger partial charge in [0.25, 0.3) is 0 Å². The third-order valence-corrected chi connectivity index (χ3v) is 5.29. The van der Waals surface area contributed by atoms with E-state index in [9.17, 15) is 4.79 Å². The molecular formula is C20H24N4O. The molecule has 1 aromatic carbocycles. The summed E-state index contributed by atoms with van der Waals surface area (Å²) in [6.07, 6.45) is 6.43. The van der Waals surface area contributed by atoms with Crippen LogP contribution >= 0.6 is 0 Å². The van der Waals surface area contributed by atoms with E-state index < -0.39 is 0 Å². The predicted octanol–water partition coefficient (Wildman–Crippen LogP) is 3.42. The van der Waals surface area contributed by atoms with E-state index in [2.05, 4.69) is 42.1 Å². The van der Waals surface area contributed by atoms with Gasteiger partial charge in [0.2, 0.25) is 5.91 Å². The van der Waals surface area contributed by atoms with Crippen molar-refractivity contribution >= 4 is 16.8 Å². The number of aromatic amines is 1. The van der Waals surface area contributed by atoms with Gasteiger partial charge in [-0.25, -0.2) is 0 Å². The van der Waals surface area contributed by atoms with Crippen LogP contribution in [0, 0.1) is 13.8 Å². The molecule has 0 radical (unpaired) electrons. The number of hydrogen-bond acceptors (Lipinski definition) is 2. The van der Waals surface area contributed by atoms with Crippen LogP contribution in [-0.2, 0) is 18.3 Å². The molecule has 2 aromatic heterocycles. The third kappa shape index (κ3) is 2.84. The SMILES string of the molecule is Cc1ccc2[nH]c(C)c(CC(=O)N3CCC[C@H]3c3cnn(C)c3)c2c1. The minimum Gasteiger partial charge on any atom is -0.358 e. The number of nitrogens with zero attached hydrogens (tertiary/aromatic N) is 3. The number of hydrogen-bond donors (Lipinski definition) is 1. The number of aromatic nitrogens is 3.